The topological polar surface area (TPSA) is 92.5 Å². The molecule has 0 saturated carbocycles. The van der Waals surface area contributed by atoms with Crippen LogP contribution in [0.25, 0.3) is 0 Å². The van der Waals surface area contributed by atoms with Crippen molar-refractivity contribution in [3.63, 3.8) is 0 Å². The van der Waals surface area contributed by atoms with Gasteiger partial charge in [-0.2, -0.15) is 0 Å². The second kappa shape index (κ2) is 10.1. The molecule has 0 aliphatic heterocycles. The minimum atomic E-state index is -0.432. The van der Waals surface area contributed by atoms with E-state index in [-0.39, 0.29) is 41.8 Å². The Morgan fingerprint density at radius 2 is 1.77 bits per heavy atom. The van der Waals surface area contributed by atoms with E-state index in [0.717, 1.165) is 0 Å². The highest BCUT2D eigenvalue weighted by Gasteiger charge is 2.20. The number of hydrogen-bond acceptors (Lipinski definition) is 4. The minimum absolute atomic E-state index is 0. The third-order valence-electron chi connectivity index (χ3n) is 3.60. The first kappa shape index (κ1) is 21.8. The minimum Gasteiger partial charge on any atom is -0.346 e. The summed E-state index contributed by atoms with van der Waals surface area (Å²) >= 11 is 6.03. The van der Waals surface area contributed by atoms with E-state index >= 15 is 0 Å². The van der Waals surface area contributed by atoms with E-state index in [1.54, 1.807) is 36.4 Å². The van der Waals surface area contributed by atoms with Gasteiger partial charge in [0.1, 0.15) is 0 Å². The Labute approximate surface area is 167 Å². The average Bonchev–Trinajstić information content (AvgIpc) is 2.65. The van der Waals surface area contributed by atoms with Crippen LogP contribution in [0, 0.1) is 0 Å². The number of anilines is 1. The molecule has 2 aromatic carbocycles. The summed E-state index contributed by atoms with van der Waals surface area (Å²) in [7, 11) is 1.53. The van der Waals surface area contributed by atoms with E-state index in [4.69, 9.17) is 17.3 Å². The van der Waals surface area contributed by atoms with Gasteiger partial charge in [-0.15, -0.1) is 17.0 Å². The van der Waals surface area contributed by atoms with Gasteiger partial charge in [0.05, 0.1) is 18.8 Å². The Morgan fingerprint density at radius 3 is 2.38 bits per heavy atom. The molecule has 0 unspecified atom stereocenters. The van der Waals surface area contributed by atoms with Gasteiger partial charge in [-0.25, -0.2) is 0 Å². The maximum Gasteiger partial charge on any atom is 0.246 e. The molecule has 0 aliphatic carbocycles. The van der Waals surface area contributed by atoms with E-state index in [2.05, 4.69) is 5.32 Å². The number of ketones is 1. The number of nitrogens with zero attached hydrogens (tertiary/aromatic N) is 1. The zero-order valence-electron chi connectivity index (χ0n) is 14.1. The molecule has 0 fully saturated rings. The fourth-order valence-electron chi connectivity index (χ4n) is 2.23. The quantitative estimate of drug-likeness (QED) is 0.674. The molecule has 0 radical (unpaired) electrons. The maximum atomic E-state index is 12.8. The maximum absolute atomic E-state index is 12.8. The Balaban J connectivity index is 0.00000338. The molecule has 2 aromatic rings. The normalized spacial score (nSPS) is 9.81. The van der Waals surface area contributed by atoms with E-state index < -0.39 is 5.91 Å². The monoisotopic (exact) mass is 439 g/mol. The Hall–Kier alpha value is -2.22. The molecule has 26 heavy (non-hydrogen) atoms. The number of rotatable bonds is 6. The van der Waals surface area contributed by atoms with Gasteiger partial charge < -0.3 is 16.0 Å². The third kappa shape index (κ3) is 5.39. The Kier molecular flexibility index (Phi) is 8.44. The van der Waals surface area contributed by atoms with Crippen LogP contribution in [0.4, 0.5) is 5.69 Å². The van der Waals surface area contributed by atoms with Crippen LogP contribution in [-0.4, -0.2) is 37.7 Å². The Morgan fingerprint density at radius 1 is 1.12 bits per heavy atom. The molecule has 6 nitrogen and oxygen atoms in total. The lowest BCUT2D eigenvalue weighted by molar-refractivity contribution is -0.124. The fraction of sp³-hybridized carbons (Fsp3) is 0.167. The molecule has 0 saturated heterocycles. The van der Waals surface area contributed by atoms with Crippen molar-refractivity contribution in [2.24, 2.45) is 5.73 Å². The van der Waals surface area contributed by atoms with E-state index in [9.17, 15) is 14.4 Å². The summed E-state index contributed by atoms with van der Waals surface area (Å²) in [6.45, 7) is -0.413. The van der Waals surface area contributed by atoms with Crippen LogP contribution >= 0.6 is 28.6 Å². The molecule has 0 bridgehead atoms. The molecule has 0 atom stereocenters. The number of nitrogens with two attached hydrogens (primary N) is 1. The van der Waals surface area contributed by atoms with Gasteiger partial charge in [-0.1, -0.05) is 41.9 Å². The summed E-state index contributed by atoms with van der Waals surface area (Å²) < 4.78 is 0. The van der Waals surface area contributed by atoms with E-state index in [0.29, 0.717) is 21.8 Å². The van der Waals surface area contributed by atoms with Crippen LogP contribution in [0.15, 0.2) is 48.5 Å². The summed E-state index contributed by atoms with van der Waals surface area (Å²) in [5, 5.41) is 2.80. The van der Waals surface area contributed by atoms with Gasteiger partial charge in [0.25, 0.3) is 0 Å². The largest absolute Gasteiger partial charge is 0.346 e. The fourth-order valence-corrected chi connectivity index (χ4v) is 2.40. The van der Waals surface area contributed by atoms with Crippen LogP contribution in [0.5, 0.6) is 0 Å². The predicted octanol–water partition coefficient (Wildman–Crippen LogP) is 2.19. The second-order valence-electron chi connectivity index (χ2n) is 5.29. The first-order valence-electron chi connectivity index (χ1n) is 7.56. The molecular formula is C18H19BrClN3O3. The SMILES string of the molecule is Br.CN(C(=O)CNC(=O)CN)c1ccc(Cl)cc1C(=O)c1ccccc1. The van der Waals surface area contributed by atoms with Crippen molar-refractivity contribution in [2.45, 2.75) is 0 Å². The molecule has 3 N–H and O–H groups in total. The van der Waals surface area contributed by atoms with Gasteiger partial charge in [0.15, 0.2) is 5.78 Å². The molecule has 8 heteroatoms. The molecule has 0 aliphatic rings. The van der Waals surface area contributed by atoms with Crippen molar-refractivity contribution in [3.8, 4) is 0 Å². The van der Waals surface area contributed by atoms with E-state index in [1.165, 1.54) is 18.0 Å². The molecular weight excluding hydrogens is 422 g/mol. The smallest absolute Gasteiger partial charge is 0.246 e. The van der Waals surface area contributed by atoms with Crippen molar-refractivity contribution in [3.05, 3.63) is 64.7 Å². The number of benzene rings is 2. The van der Waals surface area contributed by atoms with Crippen LogP contribution in [0.2, 0.25) is 5.02 Å². The number of carbonyl (C=O) groups excluding carboxylic acids is 3. The van der Waals surface area contributed by atoms with Gasteiger partial charge in [0.2, 0.25) is 11.8 Å². The van der Waals surface area contributed by atoms with Crippen molar-refractivity contribution in [1.29, 1.82) is 0 Å². The molecule has 138 valence electrons. The molecule has 2 rings (SSSR count). The molecule has 2 amide bonds. The van der Waals surface area contributed by atoms with Crippen molar-refractivity contribution in [2.75, 3.05) is 25.0 Å². The highest BCUT2D eigenvalue weighted by molar-refractivity contribution is 8.93. The van der Waals surface area contributed by atoms with Gasteiger partial charge in [0, 0.05) is 23.2 Å². The van der Waals surface area contributed by atoms with Gasteiger partial charge in [-0.05, 0) is 18.2 Å². The lowest BCUT2D eigenvalue weighted by atomic mass is 10.0. The highest BCUT2D eigenvalue weighted by Crippen LogP contribution is 2.26. The number of amides is 2. The van der Waals surface area contributed by atoms with Crippen molar-refractivity contribution < 1.29 is 14.4 Å². The van der Waals surface area contributed by atoms with Crippen LogP contribution in [0.1, 0.15) is 15.9 Å². The lowest BCUT2D eigenvalue weighted by Crippen LogP contribution is -2.40. The summed E-state index contributed by atoms with van der Waals surface area (Å²) in [5.41, 5.74) is 6.40. The number of nitrogens with one attached hydrogen (secondary N) is 1. The Bertz CT molecular complexity index is 800. The molecule has 0 spiro atoms. The summed E-state index contributed by atoms with van der Waals surface area (Å²) in [4.78, 5) is 37.6. The van der Waals surface area contributed by atoms with E-state index in [1.807, 2.05) is 6.07 Å². The van der Waals surface area contributed by atoms with Crippen LogP contribution in [0.3, 0.4) is 0 Å². The molecule has 0 heterocycles. The van der Waals surface area contributed by atoms with Gasteiger partial charge in [-0.3, -0.25) is 14.4 Å². The summed E-state index contributed by atoms with van der Waals surface area (Å²) in [5.74, 6) is -1.06. The first-order valence-corrected chi connectivity index (χ1v) is 7.94. The summed E-state index contributed by atoms with van der Waals surface area (Å²) in [6.07, 6.45) is 0. The zero-order chi connectivity index (χ0) is 18.4. The number of carbonyl (C=O) groups is 3. The standard InChI is InChI=1S/C18H18ClN3O3.BrH/c1-22(17(24)11-21-16(23)10-20)15-8-7-13(19)9-14(15)18(25)12-5-3-2-4-6-12;/h2-9H,10-11,20H2,1H3,(H,21,23);1H. The first-order chi connectivity index (χ1) is 11.9. The third-order valence-corrected chi connectivity index (χ3v) is 3.83. The zero-order valence-corrected chi connectivity index (χ0v) is 16.5. The predicted molar refractivity (Wildman–Crippen MR) is 107 cm³/mol. The van der Waals surface area contributed by atoms with Crippen LogP contribution < -0.4 is 16.0 Å². The summed E-state index contributed by atoms with van der Waals surface area (Å²) in [6, 6.07) is 13.4. The number of hydrogen-bond donors (Lipinski definition) is 2. The van der Waals surface area contributed by atoms with Crippen molar-refractivity contribution in [1.82, 2.24) is 5.32 Å². The average molecular weight is 441 g/mol. The van der Waals surface area contributed by atoms with Crippen molar-refractivity contribution >= 4 is 51.9 Å². The second-order valence-corrected chi connectivity index (χ2v) is 5.73. The molecule has 0 aromatic heterocycles. The van der Waals surface area contributed by atoms with Gasteiger partial charge >= 0.3 is 0 Å². The highest BCUT2D eigenvalue weighted by atomic mass is 79.9. The van der Waals surface area contributed by atoms with Crippen LogP contribution in [-0.2, 0) is 9.59 Å². The number of likely N-dealkylation sites (N-methyl/N-ethyl adjacent to an activating group) is 1. The lowest BCUT2D eigenvalue weighted by Gasteiger charge is -2.21. The number of halogens is 2.